The van der Waals surface area contributed by atoms with Crippen molar-refractivity contribution in [2.24, 2.45) is 5.73 Å². The lowest BCUT2D eigenvalue weighted by Crippen LogP contribution is -2.12. The summed E-state index contributed by atoms with van der Waals surface area (Å²) < 4.78 is 2.92. The third kappa shape index (κ3) is 3.12. The second-order valence-electron chi connectivity index (χ2n) is 4.70. The van der Waals surface area contributed by atoms with Crippen LogP contribution in [0, 0.1) is 3.57 Å². The molecule has 2 aromatic carbocycles. The Labute approximate surface area is 141 Å². The van der Waals surface area contributed by atoms with Crippen LogP contribution in [0.25, 0.3) is 5.69 Å². The molecule has 2 N–H and O–H groups in total. The molecule has 0 saturated carbocycles. The van der Waals surface area contributed by atoms with Crippen molar-refractivity contribution in [2.45, 2.75) is 6.04 Å². The Balaban J connectivity index is 1.94. The van der Waals surface area contributed by atoms with E-state index in [-0.39, 0.29) is 6.04 Å². The van der Waals surface area contributed by atoms with Crippen molar-refractivity contribution in [3.8, 4) is 5.69 Å². The van der Waals surface area contributed by atoms with Gasteiger partial charge < -0.3 is 5.73 Å². The summed E-state index contributed by atoms with van der Waals surface area (Å²) in [6, 6.07) is 15.5. The summed E-state index contributed by atoms with van der Waals surface area (Å²) in [7, 11) is 0. The molecule has 5 heteroatoms. The van der Waals surface area contributed by atoms with Gasteiger partial charge in [0.15, 0.2) is 0 Å². The van der Waals surface area contributed by atoms with E-state index in [1.165, 1.54) is 0 Å². The van der Waals surface area contributed by atoms with Crippen LogP contribution in [0.15, 0.2) is 60.9 Å². The van der Waals surface area contributed by atoms with Gasteiger partial charge in [-0.15, -0.1) is 0 Å². The van der Waals surface area contributed by atoms with E-state index in [0.29, 0.717) is 5.02 Å². The zero-order valence-electron chi connectivity index (χ0n) is 11.1. The largest absolute Gasteiger partial charge is 0.320 e. The van der Waals surface area contributed by atoms with Crippen LogP contribution in [0.2, 0.25) is 5.02 Å². The number of aromatic nitrogens is 2. The molecule has 1 unspecified atom stereocenters. The van der Waals surface area contributed by atoms with Gasteiger partial charge in [-0.2, -0.15) is 5.10 Å². The normalized spacial score (nSPS) is 12.3. The molecule has 0 aliphatic heterocycles. The van der Waals surface area contributed by atoms with Gasteiger partial charge in [-0.3, -0.25) is 0 Å². The van der Waals surface area contributed by atoms with E-state index in [9.17, 15) is 0 Å². The molecule has 1 aromatic heterocycles. The lowest BCUT2D eigenvalue weighted by atomic mass is 10.0. The molecule has 1 atom stereocenters. The standard InChI is InChI=1S/C16H13ClIN3/c17-12-6-7-15(18)14(8-12)16(19)11-9-20-21(10-11)13-4-2-1-3-5-13/h1-10,16H,19H2. The third-order valence-electron chi connectivity index (χ3n) is 3.28. The van der Waals surface area contributed by atoms with Crippen molar-refractivity contribution in [2.75, 3.05) is 0 Å². The Morgan fingerprint density at radius 3 is 2.67 bits per heavy atom. The molecule has 21 heavy (non-hydrogen) atoms. The molecule has 0 bridgehead atoms. The van der Waals surface area contributed by atoms with Crippen LogP contribution in [0.1, 0.15) is 17.2 Å². The summed E-state index contributed by atoms with van der Waals surface area (Å²) in [6.07, 6.45) is 3.76. The first-order valence-electron chi connectivity index (χ1n) is 6.45. The van der Waals surface area contributed by atoms with E-state index in [4.69, 9.17) is 17.3 Å². The minimum absolute atomic E-state index is 0.243. The van der Waals surface area contributed by atoms with Gasteiger partial charge in [-0.05, 0) is 58.5 Å². The Morgan fingerprint density at radius 2 is 1.90 bits per heavy atom. The number of hydrogen-bond donors (Lipinski definition) is 1. The maximum Gasteiger partial charge on any atom is 0.0645 e. The van der Waals surface area contributed by atoms with E-state index < -0.39 is 0 Å². The van der Waals surface area contributed by atoms with E-state index in [1.54, 1.807) is 6.20 Å². The molecule has 106 valence electrons. The fraction of sp³-hybridized carbons (Fsp3) is 0.0625. The van der Waals surface area contributed by atoms with Gasteiger partial charge in [0.1, 0.15) is 0 Å². The first kappa shape index (κ1) is 14.6. The average Bonchev–Trinajstić information content (AvgIpc) is 3.00. The molecular weight excluding hydrogens is 397 g/mol. The Kier molecular flexibility index (Phi) is 4.28. The van der Waals surface area contributed by atoms with Crippen LogP contribution in [0.4, 0.5) is 0 Å². The summed E-state index contributed by atoms with van der Waals surface area (Å²) in [6.45, 7) is 0. The Hall–Kier alpha value is -1.37. The van der Waals surface area contributed by atoms with Gasteiger partial charge in [-0.1, -0.05) is 29.8 Å². The minimum Gasteiger partial charge on any atom is -0.320 e. The SMILES string of the molecule is NC(c1cnn(-c2ccccc2)c1)c1cc(Cl)ccc1I. The highest BCUT2D eigenvalue weighted by atomic mass is 127. The second-order valence-corrected chi connectivity index (χ2v) is 6.30. The predicted molar refractivity (Wildman–Crippen MR) is 93.8 cm³/mol. The third-order valence-corrected chi connectivity index (χ3v) is 4.49. The van der Waals surface area contributed by atoms with Crippen molar-refractivity contribution in [1.82, 2.24) is 9.78 Å². The zero-order valence-corrected chi connectivity index (χ0v) is 14.0. The molecule has 1 heterocycles. The van der Waals surface area contributed by atoms with Crippen LogP contribution in [-0.2, 0) is 0 Å². The quantitative estimate of drug-likeness (QED) is 0.660. The van der Waals surface area contributed by atoms with Crippen LogP contribution in [0.5, 0.6) is 0 Å². The van der Waals surface area contributed by atoms with Gasteiger partial charge >= 0.3 is 0 Å². The monoisotopic (exact) mass is 409 g/mol. The van der Waals surface area contributed by atoms with Crippen molar-refractivity contribution in [3.05, 3.63) is 80.6 Å². The lowest BCUT2D eigenvalue weighted by Gasteiger charge is -2.12. The van der Waals surface area contributed by atoms with Crippen LogP contribution < -0.4 is 5.73 Å². The smallest absolute Gasteiger partial charge is 0.0645 e. The lowest BCUT2D eigenvalue weighted by molar-refractivity contribution is 0.857. The average molecular weight is 410 g/mol. The summed E-state index contributed by atoms with van der Waals surface area (Å²) in [5.74, 6) is 0. The predicted octanol–water partition coefficient (Wildman–Crippen LogP) is 4.18. The van der Waals surface area contributed by atoms with Gasteiger partial charge in [0.05, 0.1) is 17.9 Å². The van der Waals surface area contributed by atoms with Crippen molar-refractivity contribution < 1.29 is 0 Å². The van der Waals surface area contributed by atoms with E-state index in [0.717, 1.165) is 20.4 Å². The molecular formula is C16H13ClIN3. The van der Waals surface area contributed by atoms with Crippen LogP contribution in [0.3, 0.4) is 0 Å². The highest BCUT2D eigenvalue weighted by molar-refractivity contribution is 14.1. The molecule has 0 aliphatic carbocycles. The Bertz CT molecular complexity index is 755. The van der Waals surface area contributed by atoms with E-state index >= 15 is 0 Å². The molecule has 0 spiro atoms. The van der Waals surface area contributed by atoms with Gasteiger partial charge in [0.2, 0.25) is 0 Å². The van der Waals surface area contributed by atoms with Crippen molar-refractivity contribution >= 4 is 34.2 Å². The first-order valence-corrected chi connectivity index (χ1v) is 7.91. The molecule has 0 saturated heterocycles. The van der Waals surface area contributed by atoms with Gasteiger partial charge in [0, 0.05) is 20.4 Å². The number of halogens is 2. The summed E-state index contributed by atoms with van der Waals surface area (Å²) in [5.41, 5.74) is 9.34. The maximum atomic E-state index is 6.36. The van der Waals surface area contributed by atoms with Gasteiger partial charge in [0.25, 0.3) is 0 Å². The summed E-state index contributed by atoms with van der Waals surface area (Å²) >= 11 is 8.34. The van der Waals surface area contributed by atoms with Crippen LogP contribution >= 0.6 is 34.2 Å². The number of hydrogen-bond acceptors (Lipinski definition) is 2. The number of benzene rings is 2. The number of para-hydroxylation sites is 1. The van der Waals surface area contributed by atoms with Crippen molar-refractivity contribution in [1.29, 1.82) is 0 Å². The molecule has 0 radical (unpaired) electrons. The zero-order chi connectivity index (χ0) is 14.8. The second kappa shape index (κ2) is 6.17. The van der Waals surface area contributed by atoms with E-state index in [2.05, 4.69) is 27.7 Å². The number of nitrogens with two attached hydrogens (primary N) is 1. The van der Waals surface area contributed by atoms with Crippen molar-refractivity contribution in [3.63, 3.8) is 0 Å². The van der Waals surface area contributed by atoms with E-state index in [1.807, 2.05) is 59.4 Å². The maximum absolute atomic E-state index is 6.36. The molecule has 3 aromatic rings. The number of rotatable bonds is 3. The summed E-state index contributed by atoms with van der Waals surface area (Å²) in [5, 5.41) is 5.08. The Morgan fingerprint density at radius 1 is 1.14 bits per heavy atom. The fourth-order valence-electron chi connectivity index (χ4n) is 2.15. The molecule has 0 amide bonds. The minimum atomic E-state index is -0.243. The molecule has 3 nitrogen and oxygen atoms in total. The molecule has 0 fully saturated rings. The number of nitrogens with zero attached hydrogens (tertiary/aromatic N) is 2. The molecule has 0 aliphatic rings. The molecule has 3 rings (SSSR count). The van der Waals surface area contributed by atoms with Gasteiger partial charge in [-0.25, -0.2) is 4.68 Å². The van der Waals surface area contributed by atoms with Crippen LogP contribution in [-0.4, -0.2) is 9.78 Å². The first-order chi connectivity index (χ1) is 10.1. The topological polar surface area (TPSA) is 43.8 Å². The summed E-state index contributed by atoms with van der Waals surface area (Å²) in [4.78, 5) is 0. The highest BCUT2D eigenvalue weighted by Gasteiger charge is 2.15. The fourth-order valence-corrected chi connectivity index (χ4v) is 3.00. The highest BCUT2D eigenvalue weighted by Crippen LogP contribution is 2.27.